The summed E-state index contributed by atoms with van der Waals surface area (Å²) in [6.45, 7) is 5.02. The van der Waals surface area contributed by atoms with Crippen LogP contribution in [0.1, 0.15) is 48.4 Å². The zero-order valence-electron chi connectivity index (χ0n) is 12.2. The van der Waals surface area contributed by atoms with Gasteiger partial charge < -0.3 is 10.0 Å². The van der Waals surface area contributed by atoms with Crippen molar-refractivity contribution in [3.05, 3.63) is 17.0 Å². The predicted molar refractivity (Wildman–Crippen MR) is 73.4 cm³/mol. The SMILES string of the molecule is CCC(CC)C(=O)N1CCc2c(c(C(=O)O)nn2C)C1. The van der Waals surface area contributed by atoms with E-state index in [1.54, 1.807) is 16.6 Å². The first-order valence-electron chi connectivity index (χ1n) is 7.06. The van der Waals surface area contributed by atoms with Gasteiger partial charge in [-0.3, -0.25) is 9.48 Å². The highest BCUT2D eigenvalue weighted by molar-refractivity contribution is 5.88. The van der Waals surface area contributed by atoms with Crippen LogP contribution in [-0.2, 0) is 24.8 Å². The number of aryl methyl sites for hydroxylation is 1. The third-order valence-electron chi connectivity index (χ3n) is 4.09. The van der Waals surface area contributed by atoms with Gasteiger partial charge in [-0.2, -0.15) is 5.10 Å². The van der Waals surface area contributed by atoms with Gasteiger partial charge in [-0.25, -0.2) is 4.79 Å². The fraction of sp³-hybridized carbons (Fsp3) is 0.643. The number of carboxylic acid groups (broad SMARTS) is 1. The minimum absolute atomic E-state index is 0.0292. The van der Waals surface area contributed by atoms with Crippen molar-refractivity contribution in [2.24, 2.45) is 13.0 Å². The number of amides is 1. The molecule has 0 aromatic carbocycles. The molecule has 0 aliphatic carbocycles. The number of carbonyl (C=O) groups is 2. The van der Waals surface area contributed by atoms with Crippen molar-refractivity contribution in [1.82, 2.24) is 14.7 Å². The van der Waals surface area contributed by atoms with Gasteiger partial charge >= 0.3 is 5.97 Å². The summed E-state index contributed by atoms with van der Waals surface area (Å²) in [6.07, 6.45) is 2.30. The van der Waals surface area contributed by atoms with Crippen molar-refractivity contribution in [3.63, 3.8) is 0 Å². The molecule has 0 radical (unpaired) electrons. The van der Waals surface area contributed by atoms with Crippen LogP contribution in [0.3, 0.4) is 0 Å². The van der Waals surface area contributed by atoms with Crippen molar-refractivity contribution >= 4 is 11.9 Å². The van der Waals surface area contributed by atoms with Crippen molar-refractivity contribution < 1.29 is 14.7 Å². The molecular formula is C14H21N3O3. The van der Waals surface area contributed by atoms with Crippen LogP contribution in [0, 0.1) is 5.92 Å². The first-order chi connectivity index (χ1) is 9.49. The Morgan fingerprint density at radius 3 is 2.55 bits per heavy atom. The van der Waals surface area contributed by atoms with Crippen molar-refractivity contribution in [1.29, 1.82) is 0 Å². The highest BCUT2D eigenvalue weighted by atomic mass is 16.4. The van der Waals surface area contributed by atoms with E-state index in [1.807, 2.05) is 13.8 Å². The maximum Gasteiger partial charge on any atom is 0.356 e. The molecule has 20 heavy (non-hydrogen) atoms. The predicted octanol–water partition coefficient (Wildman–Crippen LogP) is 1.44. The molecule has 1 aromatic rings. The maximum absolute atomic E-state index is 12.4. The summed E-state index contributed by atoms with van der Waals surface area (Å²) < 4.78 is 1.62. The Labute approximate surface area is 118 Å². The number of carbonyl (C=O) groups excluding carboxylic acids is 1. The van der Waals surface area contributed by atoms with E-state index < -0.39 is 5.97 Å². The van der Waals surface area contributed by atoms with Gasteiger partial charge in [-0.05, 0) is 12.8 Å². The van der Waals surface area contributed by atoms with E-state index in [0.29, 0.717) is 25.1 Å². The summed E-state index contributed by atoms with van der Waals surface area (Å²) in [6, 6.07) is 0. The van der Waals surface area contributed by atoms with Gasteiger partial charge in [0, 0.05) is 43.7 Å². The Kier molecular flexibility index (Phi) is 4.11. The molecule has 0 atom stereocenters. The maximum atomic E-state index is 12.4. The van der Waals surface area contributed by atoms with Crippen LogP contribution in [0.15, 0.2) is 0 Å². The molecule has 2 heterocycles. The number of aromatic nitrogens is 2. The Balaban J connectivity index is 2.26. The van der Waals surface area contributed by atoms with E-state index >= 15 is 0 Å². The van der Waals surface area contributed by atoms with Gasteiger partial charge in [0.1, 0.15) is 0 Å². The highest BCUT2D eigenvalue weighted by Crippen LogP contribution is 2.24. The summed E-state index contributed by atoms with van der Waals surface area (Å²) in [5, 5.41) is 13.3. The molecule has 0 bridgehead atoms. The van der Waals surface area contributed by atoms with E-state index in [9.17, 15) is 14.7 Å². The number of nitrogens with zero attached hydrogens (tertiary/aromatic N) is 3. The monoisotopic (exact) mass is 279 g/mol. The number of aromatic carboxylic acids is 1. The molecular weight excluding hydrogens is 258 g/mol. The lowest BCUT2D eigenvalue weighted by Crippen LogP contribution is -2.40. The third kappa shape index (κ3) is 2.42. The Hall–Kier alpha value is -1.85. The number of hydrogen-bond acceptors (Lipinski definition) is 3. The standard InChI is InChI=1S/C14H21N3O3/c1-4-9(5-2)13(18)17-7-6-11-10(8-17)12(14(19)20)15-16(11)3/h9H,4-8H2,1-3H3,(H,19,20). The quantitative estimate of drug-likeness (QED) is 0.905. The Morgan fingerprint density at radius 1 is 1.35 bits per heavy atom. The van der Waals surface area contributed by atoms with Crippen LogP contribution in [0.5, 0.6) is 0 Å². The summed E-state index contributed by atoms with van der Waals surface area (Å²) in [5.74, 6) is -0.874. The normalized spacial score (nSPS) is 14.5. The molecule has 0 saturated carbocycles. The van der Waals surface area contributed by atoms with E-state index in [2.05, 4.69) is 5.10 Å². The van der Waals surface area contributed by atoms with Crippen LogP contribution in [0.25, 0.3) is 0 Å². The van der Waals surface area contributed by atoms with Gasteiger partial charge in [-0.1, -0.05) is 13.8 Å². The molecule has 0 saturated heterocycles. The van der Waals surface area contributed by atoms with E-state index in [4.69, 9.17) is 0 Å². The lowest BCUT2D eigenvalue weighted by molar-refractivity contribution is -0.136. The minimum atomic E-state index is -1.03. The largest absolute Gasteiger partial charge is 0.476 e. The second-order valence-electron chi connectivity index (χ2n) is 5.23. The summed E-state index contributed by atoms with van der Waals surface area (Å²) in [5.41, 5.74) is 1.69. The van der Waals surface area contributed by atoms with E-state index in [-0.39, 0.29) is 17.5 Å². The first-order valence-corrected chi connectivity index (χ1v) is 7.06. The van der Waals surface area contributed by atoms with Gasteiger partial charge in [0.25, 0.3) is 0 Å². The number of fused-ring (bicyclic) bond motifs is 1. The number of rotatable bonds is 4. The Morgan fingerprint density at radius 2 is 2.00 bits per heavy atom. The van der Waals surface area contributed by atoms with Crippen LogP contribution in [-0.4, -0.2) is 38.2 Å². The smallest absolute Gasteiger partial charge is 0.356 e. The average Bonchev–Trinajstić information content (AvgIpc) is 2.77. The molecule has 2 rings (SSSR count). The molecule has 0 fully saturated rings. The molecule has 1 aromatic heterocycles. The fourth-order valence-corrected chi connectivity index (χ4v) is 2.85. The average molecular weight is 279 g/mol. The van der Waals surface area contributed by atoms with Crippen LogP contribution < -0.4 is 0 Å². The molecule has 1 aliphatic heterocycles. The van der Waals surface area contributed by atoms with Crippen molar-refractivity contribution in [3.8, 4) is 0 Å². The topological polar surface area (TPSA) is 75.4 Å². The molecule has 6 nitrogen and oxygen atoms in total. The molecule has 6 heteroatoms. The van der Waals surface area contributed by atoms with Gasteiger partial charge in [0.05, 0.1) is 0 Å². The zero-order valence-corrected chi connectivity index (χ0v) is 12.2. The number of hydrogen-bond donors (Lipinski definition) is 1. The lowest BCUT2D eigenvalue weighted by atomic mass is 9.98. The second-order valence-corrected chi connectivity index (χ2v) is 5.23. The van der Waals surface area contributed by atoms with E-state index in [0.717, 1.165) is 18.5 Å². The minimum Gasteiger partial charge on any atom is -0.476 e. The summed E-state index contributed by atoms with van der Waals surface area (Å²) in [7, 11) is 1.75. The van der Waals surface area contributed by atoms with Gasteiger partial charge in [0.2, 0.25) is 5.91 Å². The number of carboxylic acids is 1. The molecule has 110 valence electrons. The first kappa shape index (κ1) is 14.6. The van der Waals surface area contributed by atoms with Crippen LogP contribution in [0.4, 0.5) is 0 Å². The molecule has 0 spiro atoms. The lowest BCUT2D eigenvalue weighted by Gasteiger charge is -2.30. The van der Waals surface area contributed by atoms with Gasteiger partial charge in [0.15, 0.2) is 5.69 Å². The molecule has 0 unspecified atom stereocenters. The van der Waals surface area contributed by atoms with Gasteiger partial charge in [-0.15, -0.1) is 0 Å². The Bertz CT molecular complexity index is 532. The van der Waals surface area contributed by atoms with E-state index in [1.165, 1.54) is 0 Å². The fourth-order valence-electron chi connectivity index (χ4n) is 2.85. The highest BCUT2D eigenvalue weighted by Gasteiger charge is 2.30. The molecule has 1 N–H and O–H groups in total. The molecule has 1 amide bonds. The second kappa shape index (κ2) is 5.64. The zero-order chi connectivity index (χ0) is 14.9. The summed E-state index contributed by atoms with van der Waals surface area (Å²) >= 11 is 0. The molecule has 1 aliphatic rings. The van der Waals surface area contributed by atoms with Crippen LogP contribution >= 0.6 is 0 Å². The van der Waals surface area contributed by atoms with Crippen molar-refractivity contribution in [2.45, 2.75) is 39.7 Å². The third-order valence-corrected chi connectivity index (χ3v) is 4.09. The van der Waals surface area contributed by atoms with Crippen LogP contribution in [0.2, 0.25) is 0 Å². The van der Waals surface area contributed by atoms with Crippen molar-refractivity contribution in [2.75, 3.05) is 6.54 Å². The summed E-state index contributed by atoms with van der Waals surface area (Å²) in [4.78, 5) is 25.4.